The maximum absolute atomic E-state index is 9.54. The molecule has 5 nitrogen and oxygen atoms in total. The molecule has 2 heterocycles. The standard InChI is InChI=1S/C14H19BrN4OS/c1-21-13-6-12(18-14-10(15)7-16-19(13)14)17-11-5-3-2-4-9(11)8-20/h6-7,9,11,20H,2-5,8H2,1H3,(H,17,18)/t9-,11?/m0/s1. The van der Waals surface area contributed by atoms with Crippen molar-refractivity contribution >= 4 is 39.2 Å². The molecule has 2 atom stereocenters. The molecule has 0 aromatic carbocycles. The maximum atomic E-state index is 9.54. The van der Waals surface area contributed by atoms with Crippen LogP contribution in [0.5, 0.6) is 0 Å². The van der Waals surface area contributed by atoms with E-state index in [0.29, 0.717) is 12.0 Å². The van der Waals surface area contributed by atoms with E-state index in [1.807, 2.05) is 16.8 Å². The third kappa shape index (κ3) is 3.05. The Morgan fingerprint density at radius 1 is 1.48 bits per heavy atom. The SMILES string of the molecule is CSc1cc(NC2CCCC[C@H]2CO)nc2c(Br)cnn12. The number of thioether (sulfide) groups is 1. The molecule has 0 bridgehead atoms. The summed E-state index contributed by atoms with van der Waals surface area (Å²) in [5.41, 5.74) is 0.820. The molecule has 0 aliphatic heterocycles. The molecule has 2 N–H and O–H groups in total. The molecular weight excluding hydrogens is 352 g/mol. The molecule has 0 spiro atoms. The van der Waals surface area contributed by atoms with E-state index in [4.69, 9.17) is 0 Å². The van der Waals surface area contributed by atoms with Crippen molar-refractivity contribution < 1.29 is 5.11 Å². The Kier molecular flexibility index (Phi) is 4.71. The maximum Gasteiger partial charge on any atom is 0.172 e. The minimum atomic E-state index is 0.242. The molecule has 0 radical (unpaired) electrons. The van der Waals surface area contributed by atoms with Gasteiger partial charge in [0.15, 0.2) is 5.65 Å². The first-order valence-electron chi connectivity index (χ1n) is 7.18. The van der Waals surface area contributed by atoms with Crippen LogP contribution in [-0.4, -0.2) is 38.6 Å². The van der Waals surface area contributed by atoms with Crippen molar-refractivity contribution in [2.45, 2.75) is 36.8 Å². The molecule has 21 heavy (non-hydrogen) atoms. The van der Waals surface area contributed by atoms with E-state index < -0.39 is 0 Å². The second-order valence-corrected chi connectivity index (χ2v) is 7.07. The Hall–Kier alpha value is -0.790. The minimum absolute atomic E-state index is 0.242. The van der Waals surface area contributed by atoms with E-state index in [-0.39, 0.29) is 6.61 Å². The second-order valence-electron chi connectivity index (χ2n) is 5.39. The summed E-state index contributed by atoms with van der Waals surface area (Å²) in [5.74, 6) is 1.18. The number of halogens is 1. The first-order chi connectivity index (χ1) is 10.2. The second kappa shape index (κ2) is 6.54. The monoisotopic (exact) mass is 370 g/mol. The van der Waals surface area contributed by atoms with Gasteiger partial charge in [0, 0.05) is 24.6 Å². The van der Waals surface area contributed by atoms with Crippen LogP contribution in [0.15, 0.2) is 21.8 Å². The molecule has 2 aromatic heterocycles. The normalized spacial score (nSPS) is 22.6. The van der Waals surface area contributed by atoms with Crippen LogP contribution < -0.4 is 5.32 Å². The van der Waals surface area contributed by atoms with E-state index in [9.17, 15) is 5.11 Å². The van der Waals surface area contributed by atoms with Crippen molar-refractivity contribution in [2.24, 2.45) is 5.92 Å². The Morgan fingerprint density at radius 2 is 2.29 bits per heavy atom. The van der Waals surface area contributed by atoms with Gasteiger partial charge in [-0.1, -0.05) is 12.8 Å². The van der Waals surface area contributed by atoms with Crippen molar-refractivity contribution in [1.29, 1.82) is 0 Å². The smallest absolute Gasteiger partial charge is 0.172 e. The summed E-state index contributed by atoms with van der Waals surface area (Å²) in [6.07, 6.45) is 8.39. The predicted octanol–water partition coefficient (Wildman–Crippen LogP) is 3.18. The lowest BCUT2D eigenvalue weighted by atomic mass is 9.85. The predicted molar refractivity (Wildman–Crippen MR) is 88.9 cm³/mol. The topological polar surface area (TPSA) is 62.5 Å². The van der Waals surface area contributed by atoms with Gasteiger partial charge in [0.2, 0.25) is 0 Å². The van der Waals surface area contributed by atoms with E-state index in [1.54, 1.807) is 18.0 Å². The molecule has 3 rings (SSSR count). The number of hydrogen-bond donors (Lipinski definition) is 2. The number of nitrogens with zero attached hydrogens (tertiary/aromatic N) is 3. The van der Waals surface area contributed by atoms with Gasteiger partial charge in [-0.25, -0.2) is 9.50 Å². The van der Waals surface area contributed by atoms with Crippen molar-refractivity contribution in [3.8, 4) is 0 Å². The van der Waals surface area contributed by atoms with Gasteiger partial charge in [-0.3, -0.25) is 0 Å². The first kappa shape index (κ1) is 15.1. The van der Waals surface area contributed by atoms with Gasteiger partial charge < -0.3 is 10.4 Å². The molecule has 1 aliphatic carbocycles. The molecule has 1 fully saturated rings. The molecule has 1 aliphatic rings. The molecular formula is C14H19BrN4OS. The summed E-state index contributed by atoms with van der Waals surface area (Å²) >= 11 is 5.14. The van der Waals surface area contributed by atoms with Gasteiger partial charge in [0.05, 0.1) is 10.7 Å². The van der Waals surface area contributed by atoms with Crippen molar-refractivity contribution in [2.75, 3.05) is 18.2 Å². The fraction of sp³-hybridized carbons (Fsp3) is 0.571. The Bertz CT molecular complexity index is 633. The molecule has 2 aromatic rings. The Balaban J connectivity index is 1.91. The Labute approximate surface area is 136 Å². The highest BCUT2D eigenvalue weighted by molar-refractivity contribution is 9.10. The highest BCUT2D eigenvalue weighted by Crippen LogP contribution is 2.29. The van der Waals surface area contributed by atoms with Crippen molar-refractivity contribution in [3.63, 3.8) is 0 Å². The zero-order valence-electron chi connectivity index (χ0n) is 11.9. The van der Waals surface area contributed by atoms with E-state index in [2.05, 4.69) is 31.3 Å². The number of rotatable bonds is 4. The highest BCUT2D eigenvalue weighted by Gasteiger charge is 2.25. The van der Waals surface area contributed by atoms with Gasteiger partial charge in [-0.2, -0.15) is 5.10 Å². The number of nitrogens with one attached hydrogen (secondary N) is 1. The van der Waals surface area contributed by atoms with Gasteiger partial charge in [-0.05, 0) is 35.0 Å². The average Bonchev–Trinajstić information content (AvgIpc) is 2.89. The highest BCUT2D eigenvalue weighted by atomic mass is 79.9. The molecule has 0 saturated heterocycles. The zero-order chi connectivity index (χ0) is 14.8. The number of hydrogen-bond acceptors (Lipinski definition) is 5. The summed E-state index contributed by atoms with van der Waals surface area (Å²) in [4.78, 5) is 4.65. The van der Waals surface area contributed by atoms with E-state index >= 15 is 0 Å². The van der Waals surface area contributed by atoms with Gasteiger partial charge >= 0.3 is 0 Å². The number of fused-ring (bicyclic) bond motifs is 1. The summed E-state index contributed by atoms with van der Waals surface area (Å²) in [5, 5.41) is 18.4. The van der Waals surface area contributed by atoms with E-state index in [0.717, 1.165) is 33.8 Å². The quantitative estimate of drug-likeness (QED) is 0.639. The van der Waals surface area contributed by atoms with Crippen LogP contribution in [0.3, 0.4) is 0 Å². The molecule has 7 heteroatoms. The molecule has 0 amide bonds. The van der Waals surface area contributed by atoms with Crippen molar-refractivity contribution in [3.05, 3.63) is 16.7 Å². The molecule has 1 saturated carbocycles. The summed E-state index contributed by atoms with van der Waals surface area (Å²) in [6.45, 7) is 0.242. The average molecular weight is 371 g/mol. The van der Waals surface area contributed by atoms with Crippen molar-refractivity contribution in [1.82, 2.24) is 14.6 Å². The lowest BCUT2D eigenvalue weighted by molar-refractivity contribution is 0.178. The fourth-order valence-electron chi connectivity index (χ4n) is 2.93. The van der Waals surface area contributed by atoms with Crippen LogP contribution in [0.1, 0.15) is 25.7 Å². The number of anilines is 1. The van der Waals surface area contributed by atoms with Gasteiger partial charge in [0.1, 0.15) is 10.8 Å². The minimum Gasteiger partial charge on any atom is -0.396 e. The lowest BCUT2D eigenvalue weighted by Crippen LogP contribution is -2.34. The Morgan fingerprint density at radius 3 is 3.05 bits per heavy atom. The largest absolute Gasteiger partial charge is 0.396 e. The number of aliphatic hydroxyl groups is 1. The van der Waals surface area contributed by atoms with Crippen LogP contribution in [0.2, 0.25) is 0 Å². The fourth-order valence-corrected chi connectivity index (χ4v) is 3.82. The molecule has 1 unspecified atom stereocenters. The third-order valence-electron chi connectivity index (χ3n) is 4.08. The summed E-state index contributed by atoms with van der Waals surface area (Å²) < 4.78 is 2.73. The lowest BCUT2D eigenvalue weighted by Gasteiger charge is -2.31. The summed E-state index contributed by atoms with van der Waals surface area (Å²) in [7, 11) is 0. The summed E-state index contributed by atoms with van der Waals surface area (Å²) in [6, 6.07) is 2.33. The van der Waals surface area contributed by atoms with Crippen LogP contribution >= 0.6 is 27.7 Å². The zero-order valence-corrected chi connectivity index (χ0v) is 14.3. The van der Waals surface area contributed by atoms with Gasteiger partial charge in [-0.15, -0.1) is 11.8 Å². The number of aliphatic hydroxyl groups excluding tert-OH is 1. The van der Waals surface area contributed by atoms with Crippen LogP contribution in [0.25, 0.3) is 5.65 Å². The third-order valence-corrected chi connectivity index (χ3v) is 5.35. The number of aromatic nitrogens is 3. The van der Waals surface area contributed by atoms with E-state index in [1.165, 1.54) is 12.8 Å². The van der Waals surface area contributed by atoms with Gasteiger partial charge in [0.25, 0.3) is 0 Å². The first-order valence-corrected chi connectivity index (χ1v) is 9.20. The molecule has 114 valence electrons. The van der Waals surface area contributed by atoms with Crippen LogP contribution in [0.4, 0.5) is 5.82 Å². The van der Waals surface area contributed by atoms with Crippen LogP contribution in [-0.2, 0) is 0 Å². The van der Waals surface area contributed by atoms with Crippen LogP contribution in [0, 0.1) is 5.92 Å².